The minimum Gasteiger partial charge on any atom is -0.455 e. The normalized spacial score (nSPS) is 14.8. The zero-order chi connectivity index (χ0) is 23.9. The molecule has 1 fully saturated rings. The van der Waals surface area contributed by atoms with Crippen LogP contribution in [0, 0.1) is 6.92 Å². The van der Waals surface area contributed by atoms with Crippen LogP contribution in [0.25, 0.3) is 22.1 Å². The molecule has 0 aliphatic carbocycles. The van der Waals surface area contributed by atoms with Crippen molar-refractivity contribution in [3.05, 3.63) is 82.2 Å². The van der Waals surface area contributed by atoms with Crippen molar-refractivity contribution in [1.29, 1.82) is 0 Å². The summed E-state index contributed by atoms with van der Waals surface area (Å²) in [7, 11) is 0. The zero-order valence-electron chi connectivity index (χ0n) is 19.2. The summed E-state index contributed by atoms with van der Waals surface area (Å²) in [6.45, 7) is 3.16. The molecule has 2 aromatic carbocycles. The van der Waals surface area contributed by atoms with Crippen LogP contribution in [0.3, 0.4) is 0 Å². The van der Waals surface area contributed by atoms with Crippen molar-refractivity contribution < 1.29 is 13.6 Å². The highest BCUT2D eigenvalue weighted by atomic mass is 32.2. The molecule has 0 unspecified atom stereocenters. The van der Waals surface area contributed by atoms with Gasteiger partial charge in [0.2, 0.25) is 0 Å². The standard InChI is InChI=1S/C26H24N4O4S/c1-16-6-8-22-20(14-16)28-26(34-22)35-15-18-7-9-23(33-18)24(31)29-12-10-17(11-13-29)30-21-5-3-2-4-19(21)27-25(30)32/h2-9,14,17H,10-13,15H2,1H3,(H,27,32). The van der Waals surface area contributed by atoms with Gasteiger partial charge in [0.15, 0.2) is 11.3 Å². The molecule has 4 heterocycles. The Hall–Kier alpha value is -3.72. The predicted molar refractivity (Wildman–Crippen MR) is 134 cm³/mol. The van der Waals surface area contributed by atoms with Gasteiger partial charge in [0.05, 0.1) is 16.8 Å². The lowest BCUT2D eigenvalue weighted by molar-refractivity contribution is 0.0661. The number of oxazole rings is 1. The molecular formula is C26H24N4O4S. The van der Waals surface area contributed by atoms with E-state index in [1.54, 1.807) is 11.0 Å². The summed E-state index contributed by atoms with van der Waals surface area (Å²) in [5.41, 5.74) is 4.37. The van der Waals surface area contributed by atoms with E-state index in [2.05, 4.69) is 9.97 Å². The maximum atomic E-state index is 13.0. The number of H-pyrrole nitrogens is 1. The van der Waals surface area contributed by atoms with Gasteiger partial charge in [0.1, 0.15) is 11.3 Å². The molecule has 5 aromatic rings. The van der Waals surface area contributed by atoms with Gasteiger partial charge in [0.25, 0.3) is 11.1 Å². The number of hydrogen-bond donors (Lipinski definition) is 1. The molecule has 0 saturated carbocycles. The second-order valence-corrected chi connectivity index (χ2v) is 9.77. The number of para-hydroxylation sites is 2. The minimum atomic E-state index is -0.122. The minimum absolute atomic E-state index is 0.0614. The molecule has 0 radical (unpaired) electrons. The summed E-state index contributed by atoms with van der Waals surface area (Å²) in [4.78, 5) is 34.8. The van der Waals surface area contributed by atoms with Gasteiger partial charge in [-0.3, -0.25) is 9.36 Å². The van der Waals surface area contributed by atoms with Gasteiger partial charge in [-0.15, -0.1) is 0 Å². The van der Waals surface area contributed by atoms with Gasteiger partial charge in [-0.1, -0.05) is 30.0 Å². The van der Waals surface area contributed by atoms with Crippen LogP contribution in [0.4, 0.5) is 0 Å². The first-order valence-corrected chi connectivity index (χ1v) is 12.6. The SMILES string of the molecule is Cc1ccc2oc(SCc3ccc(C(=O)N4CCC(n5c(=O)[nH]c6ccccc65)CC4)o3)nc2c1. The number of nitrogens with zero attached hydrogens (tertiary/aromatic N) is 3. The highest BCUT2D eigenvalue weighted by Gasteiger charge is 2.28. The van der Waals surface area contributed by atoms with Gasteiger partial charge < -0.3 is 18.7 Å². The molecule has 0 spiro atoms. The first kappa shape index (κ1) is 21.8. The smallest absolute Gasteiger partial charge is 0.326 e. The van der Waals surface area contributed by atoms with E-state index in [-0.39, 0.29) is 17.6 Å². The van der Waals surface area contributed by atoms with Crippen LogP contribution in [0.1, 0.15) is 40.8 Å². The largest absolute Gasteiger partial charge is 0.455 e. The Morgan fingerprint density at radius 2 is 1.94 bits per heavy atom. The molecule has 1 N–H and O–H groups in total. The van der Waals surface area contributed by atoms with Crippen LogP contribution in [0.2, 0.25) is 0 Å². The number of likely N-dealkylation sites (tertiary alicyclic amines) is 1. The van der Waals surface area contributed by atoms with Crippen LogP contribution >= 0.6 is 11.8 Å². The molecule has 8 nitrogen and oxygen atoms in total. The lowest BCUT2D eigenvalue weighted by Crippen LogP contribution is -2.40. The summed E-state index contributed by atoms with van der Waals surface area (Å²) in [5.74, 6) is 1.42. The Morgan fingerprint density at radius 3 is 2.80 bits per heavy atom. The number of aromatic amines is 1. The van der Waals surface area contributed by atoms with E-state index in [4.69, 9.17) is 8.83 Å². The number of furan rings is 1. The van der Waals surface area contributed by atoms with Crippen LogP contribution in [0.5, 0.6) is 0 Å². The Balaban J connectivity index is 1.08. The molecule has 1 aliphatic rings. The highest BCUT2D eigenvalue weighted by Crippen LogP contribution is 2.29. The van der Waals surface area contributed by atoms with Gasteiger partial charge in [-0.05, 0) is 61.7 Å². The molecule has 178 valence electrons. The molecule has 6 rings (SSSR count). The number of carbonyl (C=O) groups excluding carboxylic acids is 1. The number of amides is 1. The molecule has 35 heavy (non-hydrogen) atoms. The number of rotatable bonds is 5. The number of nitrogens with one attached hydrogen (secondary N) is 1. The topological polar surface area (TPSA) is 97.3 Å². The molecular weight excluding hydrogens is 464 g/mol. The third-order valence-corrected chi connectivity index (χ3v) is 7.33. The Kier molecular flexibility index (Phi) is 5.49. The number of fused-ring (bicyclic) bond motifs is 2. The van der Waals surface area contributed by atoms with Crippen LogP contribution in [0.15, 0.2) is 73.4 Å². The van der Waals surface area contributed by atoms with E-state index in [0.29, 0.717) is 48.4 Å². The van der Waals surface area contributed by atoms with Crippen molar-refractivity contribution >= 4 is 39.8 Å². The molecule has 0 atom stereocenters. The third kappa shape index (κ3) is 4.16. The fourth-order valence-corrected chi connectivity index (χ4v) is 5.43. The summed E-state index contributed by atoms with van der Waals surface area (Å²) in [6.07, 6.45) is 1.43. The Bertz CT molecular complexity index is 1590. The van der Waals surface area contributed by atoms with Crippen molar-refractivity contribution in [2.75, 3.05) is 13.1 Å². The Morgan fingerprint density at radius 1 is 1.11 bits per heavy atom. The number of aromatic nitrogens is 3. The van der Waals surface area contributed by atoms with E-state index < -0.39 is 0 Å². The van der Waals surface area contributed by atoms with Crippen molar-refractivity contribution in [3.8, 4) is 0 Å². The van der Waals surface area contributed by atoms with Crippen molar-refractivity contribution in [3.63, 3.8) is 0 Å². The lowest BCUT2D eigenvalue weighted by atomic mass is 10.0. The molecule has 9 heteroatoms. The fourth-order valence-electron chi connectivity index (χ4n) is 4.70. The highest BCUT2D eigenvalue weighted by molar-refractivity contribution is 7.98. The van der Waals surface area contributed by atoms with Gasteiger partial charge in [-0.2, -0.15) is 0 Å². The maximum Gasteiger partial charge on any atom is 0.326 e. The van der Waals surface area contributed by atoms with E-state index in [9.17, 15) is 9.59 Å². The number of aryl methyl sites for hydroxylation is 1. The maximum absolute atomic E-state index is 13.0. The summed E-state index contributed by atoms with van der Waals surface area (Å²) < 4.78 is 13.5. The quantitative estimate of drug-likeness (QED) is 0.344. The van der Waals surface area contributed by atoms with Crippen LogP contribution in [-0.2, 0) is 5.75 Å². The number of thioether (sulfide) groups is 1. The first-order valence-electron chi connectivity index (χ1n) is 11.6. The number of carbonyl (C=O) groups is 1. The average molecular weight is 489 g/mol. The van der Waals surface area contributed by atoms with E-state index in [1.165, 1.54) is 11.8 Å². The molecule has 0 bridgehead atoms. The monoisotopic (exact) mass is 488 g/mol. The molecule has 3 aromatic heterocycles. The van der Waals surface area contributed by atoms with Crippen molar-refractivity contribution in [1.82, 2.24) is 19.4 Å². The van der Waals surface area contributed by atoms with Gasteiger partial charge in [-0.25, -0.2) is 9.78 Å². The summed E-state index contributed by atoms with van der Waals surface area (Å²) in [5, 5.41) is 0.574. The number of piperidine rings is 1. The number of hydrogen-bond acceptors (Lipinski definition) is 6. The fraction of sp³-hybridized carbons (Fsp3) is 0.269. The molecule has 1 aliphatic heterocycles. The van der Waals surface area contributed by atoms with Crippen LogP contribution < -0.4 is 5.69 Å². The van der Waals surface area contributed by atoms with Crippen molar-refractivity contribution in [2.24, 2.45) is 0 Å². The predicted octanol–water partition coefficient (Wildman–Crippen LogP) is 5.14. The second kappa shape index (κ2) is 8.81. The van der Waals surface area contributed by atoms with E-state index >= 15 is 0 Å². The van der Waals surface area contributed by atoms with Crippen LogP contribution in [-0.4, -0.2) is 38.4 Å². The van der Waals surface area contributed by atoms with Gasteiger partial charge in [0, 0.05) is 19.1 Å². The number of imidazole rings is 1. The first-order chi connectivity index (χ1) is 17.0. The summed E-state index contributed by atoms with van der Waals surface area (Å²) >= 11 is 1.43. The average Bonchev–Trinajstić information content (AvgIpc) is 3.58. The molecule has 1 saturated heterocycles. The molecule has 1 amide bonds. The van der Waals surface area contributed by atoms with E-state index in [1.807, 2.05) is 60.0 Å². The third-order valence-electron chi connectivity index (χ3n) is 6.47. The Labute approximate surface area is 204 Å². The van der Waals surface area contributed by atoms with Crippen molar-refractivity contribution in [2.45, 2.75) is 36.8 Å². The number of benzene rings is 2. The van der Waals surface area contributed by atoms with Gasteiger partial charge >= 0.3 is 5.69 Å². The zero-order valence-corrected chi connectivity index (χ0v) is 20.0. The second-order valence-electron chi connectivity index (χ2n) is 8.85. The summed E-state index contributed by atoms with van der Waals surface area (Å²) in [6, 6.07) is 17.2. The lowest BCUT2D eigenvalue weighted by Gasteiger charge is -2.32. The van der Waals surface area contributed by atoms with E-state index in [0.717, 1.165) is 27.7 Å².